The van der Waals surface area contributed by atoms with Crippen LogP contribution in [-0.2, 0) is 4.74 Å². The highest BCUT2D eigenvalue weighted by molar-refractivity contribution is 7.80. The van der Waals surface area contributed by atoms with Gasteiger partial charge in [0.05, 0.1) is 29.0 Å². The van der Waals surface area contributed by atoms with Crippen molar-refractivity contribution in [3.05, 3.63) is 82.9 Å². The Morgan fingerprint density at radius 1 is 1.21 bits per heavy atom. The predicted octanol–water partition coefficient (Wildman–Crippen LogP) is 4.20. The zero-order chi connectivity index (χ0) is 23.5. The zero-order valence-electron chi connectivity index (χ0n) is 19.0. The number of hydrogen-bond donors (Lipinski definition) is 2. The third-order valence-corrected chi connectivity index (χ3v) is 6.46. The third-order valence-electron chi connectivity index (χ3n) is 6.11. The van der Waals surface area contributed by atoms with E-state index >= 15 is 0 Å². The molecule has 4 rings (SSSR count). The summed E-state index contributed by atoms with van der Waals surface area (Å²) in [6.45, 7) is 5.42. The topological polar surface area (TPSA) is 79.6 Å². The molecule has 2 N–H and O–H groups in total. The van der Waals surface area contributed by atoms with Crippen LogP contribution in [-0.4, -0.2) is 50.9 Å². The number of nitrogens with zero attached hydrogens (tertiary/aromatic N) is 3. The molecular formula is C25H28N4O3S. The standard InChI is InChI=1S/C25H28N4O3S/c1-16-15-19(17(2)29(16)21-11-5-4-9-18(21)24(30)31)23-22(20-10-6-7-12-26-20)27-25(33)28(23)13-8-14-32-3/h4-7,9-12,15,22-23H,8,13-14H2,1-3H3,(H,27,33)(H,30,31)/t22-,23-/m0/s1. The SMILES string of the molecule is COCCCN1C(=S)N[C@@H](c2ccccn2)[C@@H]1c1cc(C)n(-c2ccccc2C(=O)O)c1C. The first-order valence-electron chi connectivity index (χ1n) is 10.9. The number of carboxylic acid groups (broad SMARTS) is 1. The number of para-hydroxylation sites is 1. The number of carboxylic acids is 1. The molecule has 8 heteroatoms. The summed E-state index contributed by atoms with van der Waals surface area (Å²) in [5.41, 5.74) is 4.87. The molecule has 7 nitrogen and oxygen atoms in total. The van der Waals surface area contributed by atoms with Gasteiger partial charge in [0.15, 0.2) is 5.11 Å². The van der Waals surface area contributed by atoms with Crippen LogP contribution in [0.1, 0.15) is 51.5 Å². The first-order valence-corrected chi connectivity index (χ1v) is 11.3. The number of benzene rings is 1. The number of carbonyl (C=O) groups is 1. The lowest BCUT2D eigenvalue weighted by atomic mass is 9.96. The Morgan fingerprint density at radius 3 is 2.67 bits per heavy atom. The molecule has 0 unspecified atom stereocenters. The monoisotopic (exact) mass is 464 g/mol. The number of methoxy groups -OCH3 is 1. The zero-order valence-corrected chi connectivity index (χ0v) is 19.8. The van der Waals surface area contributed by atoms with E-state index in [4.69, 9.17) is 17.0 Å². The highest BCUT2D eigenvalue weighted by Gasteiger charge is 2.41. The summed E-state index contributed by atoms with van der Waals surface area (Å²) < 4.78 is 7.28. The lowest BCUT2D eigenvalue weighted by Gasteiger charge is -2.28. The Bertz CT molecular complexity index is 1160. The molecule has 1 aromatic carbocycles. The van der Waals surface area contributed by atoms with Crippen LogP contribution in [0.2, 0.25) is 0 Å². The van der Waals surface area contributed by atoms with E-state index in [0.717, 1.165) is 35.6 Å². The van der Waals surface area contributed by atoms with Crippen LogP contribution >= 0.6 is 12.2 Å². The Morgan fingerprint density at radius 2 is 1.97 bits per heavy atom. The molecule has 2 aromatic heterocycles. The summed E-state index contributed by atoms with van der Waals surface area (Å²) in [7, 11) is 1.70. The minimum atomic E-state index is -0.948. The summed E-state index contributed by atoms with van der Waals surface area (Å²) in [4.78, 5) is 18.7. The van der Waals surface area contributed by atoms with Gasteiger partial charge in [0.25, 0.3) is 0 Å². The fourth-order valence-corrected chi connectivity index (χ4v) is 5.00. The molecule has 0 saturated carbocycles. The van der Waals surface area contributed by atoms with Gasteiger partial charge in [-0.1, -0.05) is 18.2 Å². The van der Waals surface area contributed by atoms with Gasteiger partial charge in [-0.2, -0.15) is 0 Å². The van der Waals surface area contributed by atoms with E-state index in [1.165, 1.54) is 0 Å². The average molecular weight is 465 g/mol. The fourth-order valence-electron chi connectivity index (χ4n) is 4.67. The Kier molecular flexibility index (Phi) is 6.76. The maximum Gasteiger partial charge on any atom is 0.337 e. The first kappa shape index (κ1) is 22.9. The minimum Gasteiger partial charge on any atom is -0.478 e. The van der Waals surface area contributed by atoms with E-state index < -0.39 is 5.97 Å². The minimum absolute atomic E-state index is 0.0822. The van der Waals surface area contributed by atoms with Gasteiger partial charge in [-0.3, -0.25) is 4.98 Å². The lowest BCUT2D eigenvalue weighted by Crippen LogP contribution is -2.31. The van der Waals surface area contributed by atoms with Gasteiger partial charge in [0.1, 0.15) is 0 Å². The Hall–Kier alpha value is -3.23. The summed E-state index contributed by atoms with van der Waals surface area (Å²) >= 11 is 5.74. The largest absolute Gasteiger partial charge is 0.478 e. The number of aromatic carboxylic acids is 1. The molecule has 3 heterocycles. The maximum absolute atomic E-state index is 11.9. The van der Waals surface area contributed by atoms with Gasteiger partial charge in [-0.05, 0) is 68.4 Å². The number of hydrogen-bond acceptors (Lipinski definition) is 4. The Balaban J connectivity index is 1.83. The van der Waals surface area contributed by atoms with Crippen LogP contribution in [0.5, 0.6) is 0 Å². The van der Waals surface area contributed by atoms with Crippen LogP contribution < -0.4 is 5.32 Å². The number of rotatable bonds is 8. The van der Waals surface area contributed by atoms with Gasteiger partial charge in [0, 0.05) is 37.8 Å². The number of pyridine rings is 1. The first-order chi connectivity index (χ1) is 15.9. The summed E-state index contributed by atoms with van der Waals surface area (Å²) in [5, 5.41) is 13.9. The van der Waals surface area contributed by atoms with Crippen LogP contribution in [0.25, 0.3) is 5.69 Å². The number of nitrogens with one attached hydrogen (secondary N) is 1. The Labute approximate surface area is 199 Å². The molecule has 0 bridgehead atoms. The molecule has 0 spiro atoms. The van der Waals surface area contributed by atoms with Crippen LogP contribution in [0.3, 0.4) is 0 Å². The molecule has 1 aliphatic rings. The van der Waals surface area contributed by atoms with Gasteiger partial charge < -0.3 is 24.6 Å². The van der Waals surface area contributed by atoms with Crippen molar-refractivity contribution in [2.45, 2.75) is 32.4 Å². The molecule has 1 saturated heterocycles. The molecule has 0 aliphatic carbocycles. The number of aryl methyl sites for hydroxylation is 1. The van der Waals surface area contributed by atoms with Crippen LogP contribution in [0.4, 0.5) is 0 Å². The van der Waals surface area contributed by atoms with Crippen molar-refractivity contribution in [2.24, 2.45) is 0 Å². The van der Waals surface area contributed by atoms with Gasteiger partial charge in [-0.25, -0.2) is 4.79 Å². The summed E-state index contributed by atoms with van der Waals surface area (Å²) in [6.07, 6.45) is 2.63. The molecular weight excluding hydrogens is 436 g/mol. The van der Waals surface area contributed by atoms with Crippen molar-refractivity contribution in [1.82, 2.24) is 19.8 Å². The number of thiocarbonyl (C=S) groups is 1. The number of aromatic nitrogens is 2. The summed E-state index contributed by atoms with van der Waals surface area (Å²) in [5.74, 6) is -0.948. The second-order valence-corrected chi connectivity index (χ2v) is 8.54. The molecule has 0 radical (unpaired) electrons. The van der Waals surface area contributed by atoms with E-state index in [1.54, 1.807) is 25.4 Å². The van der Waals surface area contributed by atoms with Gasteiger partial charge >= 0.3 is 5.97 Å². The van der Waals surface area contributed by atoms with Crippen molar-refractivity contribution in [3.8, 4) is 5.69 Å². The van der Waals surface area contributed by atoms with Crippen molar-refractivity contribution < 1.29 is 14.6 Å². The normalized spacial score (nSPS) is 17.9. The highest BCUT2D eigenvalue weighted by atomic mass is 32.1. The average Bonchev–Trinajstić information content (AvgIpc) is 3.29. The molecule has 2 atom stereocenters. The van der Waals surface area contributed by atoms with Crippen LogP contribution in [0, 0.1) is 13.8 Å². The van der Waals surface area contributed by atoms with Gasteiger partial charge in [-0.15, -0.1) is 0 Å². The molecule has 0 amide bonds. The van der Waals surface area contributed by atoms with Crippen LogP contribution in [0.15, 0.2) is 54.7 Å². The second-order valence-electron chi connectivity index (χ2n) is 8.15. The van der Waals surface area contributed by atoms with E-state index in [0.29, 0.717) is 17.4 Å². The smallest absolute Gasteiger partial charge is 0.337 e. The lowest BCUT2D eigenvalue weighted by molar-refractivity contribution is 0.0697. The predicted molar refractivity (Wildman–Crippen MR) is 131 cm³/mol. The van der Waals surface area contributed by atoms with E-state index in [-0.39, 0.29) is 17.6 Å². The fraction of sp³-hybridized carbons (Fsp3) is 0.320. The van der Waals surface area contributed by atoms with E-state index in [1.807, 2.05) is 48.7 Å². The quantitative estimate of drug-likeness (QED) is 0.382. The summed E-state index contributed by atoms with van der Waals surface area (Å²) in [6, 6.07) is 14.9. The van der Waals surface area contributed by atoms with Crippen molar-refractivity contribution in [2.75, 3.05) is 20.3 Å². The molecule has 1 aliphatic heterocycles. The second kappa shape index (κ2) is 9.72. The maximum atomic E-state index is 11.9. The molecule has 1 fully saturated rings. The molecule has 3 aromatic rings. The highest BCUT2D eigenvalue weighted by Crippen LogP contribution is 2.41. The van der Waals surface area contributed by atoms with E-state index in [9.17, 15) is 9.90 Å². The van der Waals surface area contributed by atoms with E-state index in [2.05, 4.69) is 21.3 Å². The van der Waals surface area contributed by atoms with Crippen molar-refractivity contribution in [1.29, 1.82) is 0 Å². The van der Waals surface area contributed by atoms with Crippen molar-refractivity contribution in [3.63, 3.8) is 0 Å². The number of ether oxygens (including phenoxy) is 1. The van der Waals surface area contributed by atoms with Gasteiger partial charge in [0.2, 0.25) is 0 Å². The third kappa shape index (κ3) is 4.36. The molecule has 172 valence electrons. The molecule has 33 heavy (non-hydrogen) atoms. The van der Waals surface area contributed by atoms with Crippen molar-refractivity contribution >= 4 is 23.3 Å².